The second kappa shape index (κ2) is 6.10. The molecule has 20 heavy (non-hydrogen) atoms. The summed E-state index contributed by atoms with van der Waals surface area (Å²) in [6.07, 6.45) is 1.33. The van der Waals surface area contributed by atoms with Gasteiger partial charge in [0.1, 0.15) is 17.8 Å². The molecule has 2 aromatic rings. The van der Waals surface area contributed by atoms with Crippen molar-refractivity contribution in [3.05, 3.63) is 42.0 Å². The Bertz CT molecular complexity index is 614. The predicted octanol–water partition coefficient (Wildman–Crippen LogP) is 2.26. The Morgan fingerprint density at radius 1 is 1.30 bits per heavy atom. The number of carbonyl (C=O) groups is 1. The molecular weight excluding hydrogens is 256 g/mol. The summed E-state index contributed by atoms with van der Waals surface area (Å²) in [5, 5.41) is 2.67. The van der Waals surface area contributed by atoms with E-state index in [4.69, 9.17) is 4.74 Å². The van der Waals surface area contributed by atoms with E-state index >= 15 is 0 Å². The van der Waals surface area contributed by atoms with Crippen molar-refractivity contribution < 1.29 is 9.53 Å². The molecule has 0 aliphatic heterocycles. The zero-order valence-corrected chi connectivity index (χ0v) is 11.6. The molecule has 2 rings (SSSR count). The second-order valence-electron chi connectivity index (χ2n) is 4.50. The SMILES string of the molecule is COc1cc(NC(=O)c2cccc(C(C)C)n2)ncn1. The van der Waals surface area contributed by atoms with Crippen LogP contribution in [0.5, 0.6) is 5.88 Å². The molecule has 0 fully saturated rings. The third-order valence-electron chi connectivity index (χ3n) is 2.69. The number of methoxy groups -OCH3 is 1. The van der Waals surface area contributed by atoms with E-state index < -0.39 is 0 Å². The number of hydrogen-bond donors (Lipinski definition) is 1. The molecule has 2 aromatic heterocycles. The summed E-state index contributed by atoms with van der Waals surface area (Å²) in [5.41, 5.74) is 1.23. The van der Waals surface area contributed by atoms with Crippen LogP contribution in [0.4, 0.5) is 5.82 Å². The maximum atomic E-state index is 12.1. The van der Waals surface area contributed by atoms with Crippen LogP contribution in [0, 0.1) is 0 Å². The van der Waals surface area contributed by atoms with E-state index in [1.165, 1.54) is 13.4 Å². The van der Waals surface area contributed by atoms with E-state index in [-0.39, 0.29) is 11.8 Å². The number of pyridine rings is 1. The van der Waals surface area contributed by atoms with Crippen LogP contribution in [0.2, 0.25) is 0 Å². The average Bonchev–Trinajstić information content (AvgIpc) is 2.47. The number of aromatic nitrogens is 3. The molecule has 0 unspecified atom stereocenters. The average molecular weight is 272 g/mol. The molecule has 0 aliphatic carbocycles. The second-order valence-corrected chi connectivity index (χ2v) is 4.50. The van der Waals surface area contributed by atoms with Gasteiger partial charge in [0.15, 0.2) is 0 Å². The van der Waals surface area contributed by atoms with Crippen molar-refractivity contribution in [2.45, 2.75) is 19.8 Å². The van der Waals surface area contributed by atoms with Crippen molar-refractivity contribution in [2.24, 2.45) is 0 Å². The Hall–Kier alpha value is -2.50. The van der Waals surface area contributed by atoms with Crippen LogP contribution in [0.15, 0.2) is 30.6 Å². The Morgan fingerprint density at radius 2 is 2.10 bits per heavy atom. The van der Waals surface area contributed by atoms with Gasteiger partial charge in [-0.3, -0.25) is 4.79 Å². The van der Waals surface area contributed by atoms with Gasteiger partial charge < -0.3 is 10.1 Å². The molecule has 0 saturated heterocycles. The van der Waals surface area contributed by atoms with Gasteiger partial charge in [0.2, 0.25) is 5.88 Å². The molecule has 0 atom stereocenters. The third-order valence-corrected chi connectivity index (χ3v) is 2.69. The minimum atomic E-state index is -0.312. The minimum absolute atomic E-state index is 0.266. The number of hydrogen-bond acceptors (Lipinski definition) is 5. The van der Waals surface area contributed by atoms with Crippen LogP contribution in [0.3, 0.4) is 0 Å². The van der Waals surface area contributed by atoms with E-state index in [9.17, 15) is 4.79 Å². The number of amides is 1. The molecule has 0 saturated carbocycles. The first-order chi connectivity index (χ1) is 9.60. The van der Waals surface area contributed by atoms with Crippen LogP contribution in [0.25, 0.3) is 0 Å². The van der Waals surface area contributed by atoms with Gasteiger partial charge in [0.25, 0.3) is 5.91 Å². The van der Waals surface area contributed by atoms with Gasteiger partial charge in [-0.1, -0.05) is 19.9 Å². The maximum Gasteiger partial charge on any atom is 0.275 e. The molecule has 0 spiro atoms. The fourth-order valence-electron chi connectivity index (χ4n) is 1.60. The van der Waals surface area contributed by atoms with E-state index in [2.05, 4.69) is 20.3 Å². The first-order valence-corrected chi connectivity index (χ1v) is 6.24. The molecule has 104 valence electrons. The highest BCUT2D eigenvalue weighted by molar-refractivity contribution is 6.02. The summed E-state index contributed by atoms with van der Waals surface area (Å²) in [6, 6.07) is 6.93. The monoisotopic (exact) mass is 272 g/mol. The van der Waals surface area contributed by atoms with Crippen molar-refractivity contribution in [3.8, 4) is 5.88 Å². The quantitative estimate of drug-likeness (QED) is 0.923. The van der Waals surface area contributed by atoms with Gasteiger partial charge in [-0.05, 0) is 18.1 Å². The number of rotatable bonds is 4. The fourth-order valence-corrected chi connectivity index (χ4v) is 1.60. The molecule has 0 radical (unpaired) electrons. The summed E-state index contributed by atoms with van der Waals surface area (Å²) in [7, 11) is 1.50. The maximum absolute atomic E-state index is 12.1. The molecule has 2 heterocycles. The van der Waals surface area contributed by atoms with Crippen molar-refractivity contribution in [1.29, 1.82) is 0 Å². The van der Waals surface area contributed by atoms with Gasteiger partial charge >= 0.3 is 0 Å². The van der Waals surface area contributed by atoms with Crippen molar-refractivity contribution in [3.63, 3.8) is 0 Å². The summed E-state index contributed by atoms with van der Waals surface area (Å²) in [6.45, 7) is 4.05. The van der Waals surface area contributed by atoms with Crippen LogP contribution in [-0.2, 0) is 0 Å². The van der Waals surface area contributed by atoms with Gasteiger partial charge in [-0.2, -0.15) is 0 Å². The van der Waals surface area contributed by atoms with Crippen molar-refractivity contribution >= 4 is 11.7 Å². The molecule has 0 aromatic carbocycles. The lowest BCUT2D eigenvalue weighted by molar-refractivity contribution is 0.102. The summed E-state index contributed by atoms with van der Waals surface area (Å²) in [5.74, 6) is 0.716. The molecule has 0 aliphatic rings. The Labute approximate surface area is 117 Å². The van der Waals surface area contributed by atoms with Crippen LogP contribution in [-0.4, -0.2) is 28.0 Å². The Balaban J connectivity index is 2.17. The van der Waals surface area contributed by atoms with Crippen LogP contribution < -0.4 is 10.1 Å². The zero-order chi connectivity index (χ0) is 14.5. The molecular formula is C14H16N4O2. The van der Waals surface area contributed by atoms with E-state index in [0.29, 0.717) is 17.4 Å². The highest BCUT2D eigenvalue weighted by atomic mass is 16.5. The molecule has 1 N–H and O–H groups in total. The molecule has 6 heteroatoms. The molecule has 1 amide bonds. The zero-order valence-electron chi connectivity index (χ0n) is 11.6. The first-order valence-electron chi connectivity index (χ1n) is 6.24. The summed E-state index contributed by atoms with van der Waals surface area (Å²) >= 11 is 0. The van der Waals surface area contributed by atoms with Crippen LogP contribution >= 0.6 is 0 Å². The largest absolute Gasteiger partial charge is 0.481 e. The normalized spacial score (nSPS) is 10.4. The first kappa shape index (κ1) is 13.9. The van der Waals surface area contributed by atoms with Gasteiger partial charge in [0.05, 0.1) is 7.11 Å². The van der Waals surface area contributed by atoms with Crippen molar-refractivity contribution in [1.82, 2.24) is 15.0 Å². The van der Waals surface area contributed by atoms with Gasteiger partial charge in [0, 0.05) is 11.8 Å². The number of anilines is 1. The molecule has 0 bridgehead atoms. The summed E-state index contributed by atoms with van der Waals surface area (Å²) in [4.78, 5) is 24.3. The van der Waals surface area contributed by atoms with E-state index in [0.717, 1.165) is 5.69 Å². The predicted molar refractivity (Wildman–Crippen MR) is 74.9 cm³/mol. The number of nitrogens with zero attached hydrogens (tertiary/aromatic N) is 3. The van der Waals surface area contributed by atoms with Gasteiger partial charge in [-0.15, -0.1) is 0 Å². The highest BCUT2D eigenvalue weighted by Gasteiger charge is 2.11. The smallest absolute Gasteiger partial charge is 0.275 e. The number of carbonyl (C=O) groups excluding carboxylic acids is 1. The van der Waals surface area contributed by atoms with E-state index in [1.807, 2.05) is 26.0 Å². The fraction of sp³-hybridized carbons (Fsp3) is 0.286. The lowest BCUT2D eigenvalue weighted by Gasteiger charge is -2.08. The lowest BCUT2D eigenvalue weighted by Crippen LogP contribution is -2.15. The number of nitrogens with one attached hydrogen (secondary N) is 1. The highest BCUT2D eigenvalue weighted by Crippen LogP contribution is 2.14. The minimum Gasteiger partial charge on any atom is -0.481 e. The standard InChI is InChI=1S/C14H16N4O2/c1-9(2)10-5-4-6-11(17-10)14(19)18-12-7-13(20-3)16-8-15-12/h4-9H,1-3H3,(H,15,16,18,19). The van der Waals surface area contributed by atoms with Crippen molar-refractivity contribution in [2.75, 3.05) is 12.4 Å². The Morgan fingerprint density at radius 3 is 2.80 bits per heavy atom. The third kappa shape index (κ3) is 3.28. The van der Waals surface area contributed by atoms with E-state index in [1.54, 1.807) is 12.1 Å². The van der Waals surface area contributed by atoms with Crippen LogP contribution in [0.1, 0.15) is 35.9 Å². The molecule has 6 nitrogen and oxygen atoms in total. The Kier molecular flexibility index (Phi) is 4.24. The van der Waals surface area contributed by atoms with Gasteiger partial charge in [-0.25, -0.2) is 15.0 Å². The lowest BCUT2D eigenvalue weighted by atomic mass is 10.1. The summed E-state index contributed by atoms with van der Waals surface area (Å²) < 4.78 is 4.97. The number of ether oxygens (including phenoxy) is 1. The topological polar surface area (TPSA) is 77.0 Å².